The number of hydrogen-bond donors (Lipinski definition) is 1. The number of nitrogens with zero attached hydrogens (tertiary/aromatic N) is 3. The molecule has 8 nitrogen and oxygen atoms in total. The molecule has 0 saturated carbocycles. The summed E-state index contributed by atoms with van der Waals surface area (Å²) in [4.78, 5) is 25.4. The average Bonchev–Trinajstić information content (AvgIpc) is 3.46. The van der Waals surface area contributed by atoms with Gasteiger partial charge in [-0.05, 0) is 63.4 Å². The lowest BCUT2D eigenvalue weighted by molar-refractivity contribution is 0.00578. The third-order valence-electron chi connectivity index (χ3n) is 7.84. The van der Waals surface area contributed by atoms with Gasteiger partial charge in [0.25, 0.3) is 11.5 Å². The fourth-order valence-corrected chi connectivity index (χ4v) is 4.72. The maximum Gasteiger partial charge on any atom is 0.486 e. The fourth-order valence-electron chi connectivity index (χ4n) is 4.72. The quantitative estimate of drug-likeness (QED) is 0.318. The summed E-state index contributed by atoms with van der Waals surface area (Å²) in [7, 11) is -0.888. The monoisotopic (exact) mass is 556 g/mol. The van der Waals surface area contributed by atoms with Crippen LogP contribution in [0.15, 0.2) is 84.0 Å². The van der Waals surface area contributed by atoms with Crippen LogP contribution in [0.5, 0.6) is 0 Å². The van der Waals surface area contributed by atoms with E-state index in [1.54, 1.807) is 39.8 Å². The second-order valence-electron chi connectivity index (χ2n) is 11.5. The van der Waals surface area contributed by atoms with Crippen LogP contribution >= 0.6 is 0 Å². The Bertz CT molecular complexity index is 1600. The Balaban J connectivity index is 1.30. The van der Waals surface area contributed by atoms with Crippen molar-refractivity contribution in [1.29, 1.82) is 0 Å². The van der Waals surface area contributed by atoms with Gasteiger partial charge in [-0.3, -0.25) is 14.3 Å². The van der Waals surface area contributed by atoms with Gasteiger partial charge in [-0.2, -0.15) is 5.10 Å². The number of hydrogen-bond acceptors (Lipinski definition) is 5. The van der Waals surface area contributed by atoms with Crippen LogP contribution in [0.4, 0.5) is 4.39 Å². The zero-order chi connectivity index (χ0) is 29.4. The first-order valence-electron chi connectivity index (χ1n) is 13.6. The molecule has 0 bridgehead atoms. The van der Waals surface area contributed by atoms with Gasteiger partial charge in [0.05, 0.1) is 42.0 Å². The van der Waals surface area contributed by atoms with Crippen molar-refractivity contribution in [2.75, 3.05) is 0 Å². The van der Waals surface area contributed by atoms with E-state index in [-0.39, 0.29) is 11.1 Å². The van der Waals surface area contributed by atoms with Crippen LogP contribution < -0.4 is 10.9 Å². The maximum atomic E-state index is 15.1. The van der Waals surface area contributed by atoms with Crippen molar-refractivity contribution >= 4 is 13.0 Å². The molecule has 1 amide bonds. The minimum atomic E-state index is -0.888. The predicted molar refractivity (Wildman–Crippen MR) is 155 cm³/mol. The van der Waals surface area contributed by atoms with Gasteiger partial charge in [0.2, 0.25) is 0 Å². The minimum Gasteiger partial charge on any atom is -0.402 e. The molecule has 1 aliphatic heterocycles. The number of rotatable bonds is 8. The van der Waals surface area contributed by atoms with E-state index >= 15 is 4.39 Å². The van der Waals surface area contributed by atoms with Gasteiger partial charge in [-0.15, -0.1) is 0 Å². The predicted octanol–water partition coefficient (Wildman–Crippen LogP) is 4.69. The number of aromatic nitrogens is 3. The Morgan fingerprint density at radius 1 is 1.00 bits per heavy atom. The number of nitrogens with one attached hydrogen (secondary N) is 1. The number of aryl methyl sites for hydroxylation is 1. The van der Waals surface area contributed by atoms with Crippen molar-refractivity contribution in [2.24, 2.45) is 0 Å². The molecule has 4 aromatic rings. The molecule has 2 aromatic carbocycles. The molecule has 2 aromatic heterocycles. The lowest BCUT2D eigenvalue weighted by atomic mass is 9.73. The molecule has 212 valence electrons. The molecule has 1 atom stereocenters. The van der Waals surface area contributed by atoms with E-state index in [1.165, 1.54) is 18.3 Å². The lowest BCUT2D eigenvalue weighted by Crippen LogP contribution is -2.41. The smallest absolute Gasteiger partial charge is 0.402 e. The highest BCUT2D eigenvalue weighted by atomic mass is 19.1. The Hall–Kier alpha value is -4.02. The highest BCUT2D eigenvalue weighted by molar-refractivity contribution is 6.48. The summed E-state index contributed by atoms with van der Waals surface area (Å²) < 4.78 is 30.8. The third kappa shape index (κ3) is 6.18. The molecule has 41 heavy (non-hydrogen) atoms. The molecule has 1 N–H and O–H groups in total. The summed E-state index contributed by atoms with van der Waals surface area (Å²) in [6, 6.07) is 17.9. The van der Waals surface area contributed by atoms with Gasteiger partial charge in [-0.25, -0.2) is 4.39 Å². The number of amides is 1. The highest BCUT2D eigenvalue weighted by Crippen LogP contribution is 2.40. The molecule has 1 saturated heterocycles. The van der Waals surface area contributed by atoms with Gasteiger partial charge in [-0.1, -0.05) is 42.5 Å². The Kier molecular flexibility index (Phi) is 7.72. The van der Waals surface area contributed by atoms with Crippen molar-refractivity contribution in [1.82, 2.24) is 19.7 Å². The van der Waals surface area contributed by atoms with E-state index in [9.17, 15) is 9.59 Å². The van der Waals surface area contributed by atoms with E-state index in [1.807, 2.05) is 65.0 Å². The zero-order valence-corrected chi connectivity index (χ0v) is 23.9. The second kappa shape index (κ2) is 11.1. The fraction of sp³-hybridized carbons (Fsp3) is 0.323. The molecule has 1 fully saturated rings. The number of carbonyl (C=O) groups excluding carboxylic acids is 1. The van der Waals surface area contributed by atoms with E-state index in [4.69, 9.17) is 9.31 Å². The molecule has 10 heteroatoms. The topological polar surface area (TPSA) is 87.4 Å². The molecule has 0 radical (unpaired) electrons. The van der Waals surface area contributed by atoms with Crippen molar-refractivity contribution < 1.29 is 18.5 Å². The van der Waals surface area contributed by atoms with E-state index in [0.717, 1.165) is 16.7 Å². The summed E-state index contributed by atoms with van der Waals surface area (Å²) >= 11 is 0. The molecule has 5 rings (SSSR count). The summed E-state index contributed by atoms with van der Waals surface area (Å²) in [6.07, 6.45) is 4.90. The number of halogens is 1. The molecule has 1 unspecified atom stereocenters. The summed E-state index contributed by atoms with van der Waals surface area (Å²) in [5, 5.41) is 7.29. The minimum absolute atomic E-state index is 0.0511. The Morgan fingerprint density at radius 3 is 2.29 bits per heavy atom. The summed E-state index contributed by atoms with van der Waals surface area (Å²) in [5.74, 6) is -1.74. The molecular formula is C31H34BFN4O4. The molecule has 1 aliphatic rings. The SMILES string of the molecule is Cc1ccc(C(NC(=O)c2cnn(Cc3ccc(Cn4ccccc4=O)cc3)c2)B2OC(C)(C)C(C)(C)O2)c(F)c1. The number of pyridine rings is 1. The molecular weight excluding hydrogens is 522 g/mol. The van der Waals surface area contributed by atoms with E-state index in [2.05, 4.69) is 10.4 Å². The van der Waals surface area contributed by atoms with E-state index < -0.39 is 36.0 Å². The standard InChI is InChI=1S/C31H34BFN4O4/c1-21-9-14-25(26(33)16-21)28(32-40-30(2,3)31(4,5)41-32)35-29(39)24-17-34-37(20-24)19-23-12-10-22(11-13-23)18-36-15-7-6-8-27(36)38/h6-17,20,28H,18-19H2,1-5H3,(H,35,39). The highest BCUT2D eigenvalue weighted by Gasteiger charge is 2.55. The van der Waals surface area contributed by atoms with Crippen molar-refractivity contribution in [3.8, 4) is 0 Å². The first-order chi connectivity index (χ1) is 19.4. The van der Waals surface area contributed by atoms with E-state index in [0.29, 0.717) is 18.7 Å². The van der Waals surface area contributed by atoms with Gasteiger partial charge in [0, 0.05) is 24.0 Å². The van der Waals surface area contributed by atoms with Gasteiger partial charge in [0.15, 0.2) is 0 Å². The van der Waals surface area contributed by atoms with Gasteiger partial charge >= 0.3 is 7.12 Å². The van der Waals surface area contributed by atoms with Crippen LogP contribution in [0.2, 0.25) is 0 Å². The van der Waals surface area contributed by atoms with Crippen LogP contribution in [0.1, 0.15) is 66.2 Å². The zero-order valence-electron chi connectivity index (χ0n) is 23.9. The molecule has 3 heterocycles. The lowest BCUT2D eigenvalue weighted by Gasteiger charge is -2.32. The van der Waals surface area contributed by atoms with Crippen LogP contribution in [-0.4, -0.2) is 38.6 Å². The number of benzene rings is 2. The van der Waals surface area contributed by atoms with Crippen LogP contribution in [-0.2, 0) is 22.4 Å². The Morgan fingerprint density at radius 2 is 1.66 bits per heavy atom. The third-order valence-corrected chi connectivity index (χ3v) is 7.84. The largest absolute Gasteiger partial charge is 0.486 e. The van der Waals surface area contributed by atoms with Crippen LogP contribution in [0.3, 0.4) is 0 Å². The van der Waals surface area contributed by atoms with Crippen LogP contribution in [0, 0.1) is 12.7 Å². The number of carbonyl (C=O) groups is 1. The van der Waals surface area contributed by atoms with Crippen molar-refractivity contribution in [3.05, 3.63) is 123 Å². The maximum absolute atomic E-state index is 15.1. The second-order valence-corrected chi connectivity index (χ2v) is 11.5. The summed E-state index contributed by atoms with van der Waals surface area (Å²) in [5.41, 5.74) is 2.02. The van der Waals surface area contributed by atoms with Crippen molar-refractivity contribution in [3.63, 3.8) is 0 Å². The van der Waals surface area contributed by atoms with Gasteiger partial charge < -0.3 is 19.2 Å². The Labute approximate surface area is 239 Å². The first-order valence-corrected chi connectivity index (χ1v) is 13.6. The molecule has 0 aliphatic carbocycles. The van der Waals surface area contributed by atoms with Gasteiger partial charge in [0.1, 0.15) is 5.82 Å². The average molecular weight is 556 g/mol. The molecule has 0 spiro atoms. The normalized spacial score (nSPS) is 16.5. The first kappa shape index (κ1) is 28.5. The van der Waals surface area contributed by atoms with Crippen molar-refractivity contribution in [2.45, 2.75) is 64.9 Å². The van der Waals surface area contributed by atoms with Crippen LogP contribution in [0.25, 0.3) is 0 Å². The summed E-state index contributed by atoms with van der Waals surface area (Å²) in [6.45, 7) is 10.4.